The lowest BCUT2D eigenvalue weighted by molar-refractivity contribution is 0.306. The minimum absolute atomic E-state index is 0. The van der Waals surface area contributed by atoms with Crippen molar-refractivity contribution in [2.24, 2.45) is 0 Å². The van der Waals surface area contributed by atoms with Crippen LogP contribution in [0, 0.1) is 0 Å². The lowest BCUT2D eigenvalue weighted by Gasteiger charge is -2.09. The van der Waals surface area contributed by atoms with Crippen molar-refractivity contribution in [3.63, 3.8) is 0 Å². The van der Waals surface area contributed by atoms with E-state index in [9.17, 15) is 0 Å². The molecular weight excluding hydrogens is 381 g/mol. The molecule has 0 fully saturated rings. The van der Waals surface area contributed by atoms with E-state index in [0.717, 1.165) is 23.6 Å². The van der Waals surface area contributed by atoms with Crippen LogP contribution in [0.1, 0.15) is 16.9 Å². The van der Waals surface area contributed by atoms with Gasteiger partial charge in [-0.1, -0.05) is 41.4 Å². The zero-order chi connectivity index (χ0) is 16.8. The number of furan rings is 1. The minimum Gasteiger partial charge on any atom is -0.489 e. The number of benzene rings is 2. The Morgan fingerprint density at radius 3 is 2.44 bits per heavy atom. The normalized spacial score (nSPS) is 10.3. The van der Waals surface area contributed by atoms with Gasteiger partial charge in [-0.05, 0) is 42.0 Å². The van der Waals surface area contributed by atoms with Gasteiger partial charge in [-0.2, -0.15) is 0 Å². The van der Waals surface area contributed by atoms with Crippen LogP contribution in [0.15, 0.2) is 65.3 Å². The van der Waals surface area contributed by atoms with E-state index in [1.165, 1.54) is 5.56 Å². The third-order valence-corrected chi connectivity index (χ3v) is 4.13. The molecule has 2 aromatic carbocycles. The first-order valence-corrected chi connectivity index (χ1v) is 8.35. The van der Waals surface area contributed by atoms with Crippen molar-refractivity contribution in [1.82, 2.24) is 5.32 Å². The third-order valence-electron chi connectivity index (χ3n) is 3.54. The number of halogens is 3. The molecule has 0 aliphatic carbocycles. The van der Waals surface area contributed by atoms with Crippen LogP contribution in [0.25, 0.3) is 0 Å². The van der Waals surface area contributed by atoms with E-state index in [2.05, 4.69) is 5.32 Å². The van der Waals surface area contributed by atoms with Crippen LogP contribution in [0.3, 0.4) is 0 Å². The predicted octanol–water partition coefficient (Wildman–Crippen LogP) is 5.88. The summed E-state index contributed by atoms with van der Waals surface area (Å²) in [5, 5.41) is 4.56. The summed E-state index contributed by atoms with van der Waals surface area (Å²) < 4.78 is 11.0. The second-order valence-electron chi connectivity index (χ2n) is 5.35. The summed E-state index contributed by atoms with van der Waals surface area (Å²) in [6.07, 6.45) is 1.68. The molecule has 0 aliphatic rings. The van der Waals surface area contributed by atoms with E-state index in [-0.39, 0.29) is 12.4 Å². The van der Waals surface area contributed by atoms with Crippen LogP contribution in [0.2, 0.25) is 10.0 Å². The second-order valence-corrected chi connectivity index (χ2v) is 6.19. The molecule has 0 saturated heterocycles. The van der Waals surface area contributed by atoms with E-state index < -0.39 is 0 Å². The Bertz CT molecular complexity index is 774. The first-order chi connectivity index (χ1) is 11.7. The van der Waals surface area contributed by atoms with E-state index in [1.54, 1.807) is 18.4 Å². The monoisotopic (exact) mass is 397 g/mol. The average molecular weight is 399 g/mol. The zero-order valence-electron chi connectivity index (χ0n) is 13.4. The first kappa shape index (κ1) is 19.7. The van der Waals surface area contributed by atoms with Crippen LogP contribution < -0.4 is 10.1 Å². The van der Waals surface area contributed by atoms with Crippen molar-refractivity contribution in [2.75, 3.05) is 0 Å². The molecule has 0 unspecified atom stereocenters. The fourth-order valence-electron chi connectivity index (χ4n) is 2.25. The van der Waals surface area contributed by atoms with E-state index >= 15 is 0 Å². The molecule has 6 heteroatoms. The molecule has 0 radical (unpaired) electrons. The van der Waals surface area contributed by atoms with E-state index in [1.807, 2.05) is 42.5 Å². The van der Waals surface area contributed by atoms with Gasteiger partial charge in [0, 0.05) is 22.2 Å². The highest BCUT2D eigenvalue weighted by molar-refractivity contribution is 6.35. The summed E-state index contributed by atoms with van der Waals surface area (Å²) in [5.74, 6) is 1.73. The zero-order valence-corrected chi connectivity index (χ0v) is 15.7. The Labute approximate surface area is 163 Å². The highest BCUT2D eigenvalue weighted by Gasteiger charge is 2.03. The Balaban J connectivity index is 0.00000225. The summed E-state index contributed by atoms with van der Waals surface area (Å²) in [5.41, 5.74) is 2.09. The van der Waals surface area contributed by atoms with Crippen molar-refractivity contribution >= 4 is 35.6 Å². The van der Waals surface area contributed by atoms with Gasteiger partial charge in [-0.15, -0.1) is 12.4 Å². The molecule has 0 atom stereocenters. The largest absolute Gasteiger partial charge is 0.489 e. The maximum absolute atomic E-state index is 6.14. The standard InChI is InChI=1S/C19H17Cl2NO2.ClH/c20-16-6-5-15(19(21)10-16)13-24-17-7-3-14(4-8-17)11-22-12-18-2-1-9-23-18;/h1-10,22H,11-13H2;1H. The summed E-state index contributed by atoms with van der Waals surface area (Å²) in [6, 6.07) is 17.2. The van der Waals surface area contributed by atoms with Crippen molar-refractivity contribution in [3.8, 4) is 5.75 Å². The van der Waals surface area contributed by atoms with Gasteiger partial charge in [0.1, 0.15) is 18.1 Å². The van der Waals surface area contributed by atoms with Gasteiger partial charge < -0.3 is 14.5 Å². The summed E-state index contributed by atoms with van der Waals surface area (Å²) in [4.78, 5) is 0. The molecule has 3 aromatic rings. The fraction of sp³-hybridized carbons (Fsp3) is 0.158. The maximum Gasteiger partial charge on any atom is 0.119 e. The van der Waals surface area contributed by atoms with E-state index in [0.29, 0.717) is 23.2 Å². The molecule has 25 heavy (non-hydrogen) atoms. The number of hydrogen-bond donors (Lipinski definition) is 1. The Hall–Kier alpha value is -1.65. The first-order valence-electron chi connectivity index (χ1n) is 7.59. The van der Waals surface area contributed by atoms with Gasteiger partial charge in [0.25, 0.3) is 0 Å². The fourth-order valence-corrected chi connectivity index (χ4v) is 2.71. The average Bonchev–Trinajstić information content (AvgIpc) is 3.09. The number of nitrogens with one attached hydrogen (secondary N) is 1. The summed E-state index contributed by atoms with van der Waals surface area (Å²) in [7, 11) is 0. The van der Waals surface area contributed by atoms with Crippen molar-refractivity contribution in [1.29, 1.82) is 0 Å². The Kier molecular flexibility index (Phi) is 7.66. The lowest BCUT2D eigenvalue weighted by atomic mass is 10.2. The smallest absolute Gasteiger partial charge is 0.119 e. The van der Waals surface area contributed by atoms with Crippen LogP contribution in [0.4, 0.5) is 0 Å². The van der Waals surface area contributed by atoms with Crippen LogP contribution in [-0.2, 0) is 19.7 Å². The molecule has 1 heterocycles. The van der Waals surface area contributed by atoms with E-state index in [4.69, 9.17) is 32.4 Å². The predicted molar refractivity (Wildman–Crippen MR) is 104 cm³/mol. The van der Waals surface area contributed by atoms with Gasteiger partial charge in [0.2, 0.25) is 0 Å². The maximum atomic E-state index is 6.14. The highest BCUT2D eigenvalue weighted by atomic mass is 35.5. The molecule has 1 aromatic heterocycles. The van der Waals surface area contributed by atoms with Gasteiger partial charge in [0.15, 0.2) is 0 Å². The molecular formula is C19H18Cl3NO2. The van der Waals surface area contributed by atoms with Gasteiger partial charge in [0.05, 0.1) is 12.8 Å². The number of hydrogen-bond acceptors (Lipinski definition) is 3. The molecule has 3 nitrogen and oxygen atoms in total. The van der Waals surface area contributed by atoms with Crippen LogP contribution in [-0.4, -0.2) is 0 Å². The molecule has 0 amide bonds. The summed E-state index contributed by atoms with van der Waals surface area (Å²) in [6.45, 7) is 1.89. The third kappa shape index (κ3) is 5.98. The molecule has 132 valence electrons. The minimum atomic E-state index is 0. The molecule has 0 aliphatic heterocycles. The number of ether oxygens (including phenoxy) is 1. The van der Waals surface area contributed by atoms with Crippen molar-refractivity contribution < 1.29 is 9.15 Å². The van der Waals surface area contributed by atoms with Crippen molar-refractivity contribution in [2.45, 2.75) is 19.7 Å². The number of rotatable bonds is 7. The molecule has 1 N–H and O–H groups in total. The topological polar surface area (TPSA) is 34.4 Å². The second kappa shape index (κ2) is 9.73. The van der Waals surface area contributed by atoms with Crippen LogP contribution >= 0.6 is 35.6 Å². The Morgan fingerprint density at radius 2 is 1.76 bits per heavy atom. The summed E-state index contributed by atoms with van der Waals surface area (Å²) >= 11 is 12.0. The van der Waals surface area contributed by atoms with Gasteiger partial charge >= 0.3 is 0 Å². The van der Waals surface area contributed by atoms with Crippen LogP contribution in [0.5, 0.6) is 5.75 Å². The highest BCUT2D eigenvalue weighted by Crippen LogP contribution is 2.22. The Morgan fingerprint density at radius 1 is 0.960 bits per heavy atom. The lowest BCUT2D eigenvalue weighted by Crippen LogP contribution is -2.11. The van der Waals surface area contributed by atoms with Gasteiger partial charge in [-0.25, -0.2) is 0 Å². The molecule has 3 rings (SSSR count). The van der Waals surface area contributed by atoms with Crippen molar-refractivity contribution in [3.05, 3.63) is 87.8 Å². The molecule has 0 spiro atoms. The molecule has 0 saturated carbocycles. The van der Waals surface area contributed by atoms with Gasteiger partial charge in [-0.3, -0.25) is 0 Å². The quantitative estimate of drug-likeness (QED) is 0.540. The molecule has 0 bridgehead atoms. The SMILES string of the molecule is Cl.Clc1ccc(COc2ccc(CNCc3ccco3)cc2)c(Cl)c1.